The van der Waals surface area contributed by atoms with Crippen molar-refractivity contribution in [2.24, 2.45) is 4.99 Å². The number of aryl methyl sites for hydroxylation is 1. The quantitative estimate of drug-likeness (QED) is 0.169. The number of fused-ring (bicyclic) bond motifs is 2. The number of nitrogens with zero attached hydrogens (tertiary/aromatic N) is 4. The molecule has 0 aliphatic carbocycles. The topological polar surface area (TPSA) is 68.8 Å². The second-order valence-corrected chi connectivity index (χ2v) is 13.5. The van der Waals surface area contributed by atoms with Crippen LogP contribution in [-0.2, 0) is 4.79 Å². The minimum Gasteiger partial charge on any atom is -0.496 e. The molecule has 0 bridgehead atoms. The van der Waals surface area contributed by atoms with Crippen molar-refractivity contribution in [3.8, 4) is 22.6 Å². The van der Waals surface area contributed by atoms with Crippen LogP contribution in [0.1, 0.15) is 49.3 Å². The number of likely N-dealkylation sites (N-methyl/N-ethyl adjacent to an activating group) is 1. The number of ether oxygens (including phenoxy) is 1. The fourth-order valence-corrected chi connectivity index (χ4v) is 8.23. The molecule has 50 heavy (non-hydrogen) atoms. The molecule has 1 aliphatic rings. The number of aromatic nitrogens is 2. The van der Waals surface area contributed by atoms with Crippen LogP contribution >= 0.6 is 11.3 Å². The minimum atomic E-state index is -0.724. The lowest BCUT2D eigenvalue weighted by Crippen LogP contribution is -2.43. The second kappa shape index (κ2) is 13.4. The third-order valence-electron chi connectivity index (χ3n) is 9.72. The van der Waals surface area contributed by atoms with Crippen LogP contribution in [0.15, 0.2) is 118 Å². The minimum absolute atomic E-state index is 0.132. The van der Waals surface area contributed by atoms with E-state index in [-0.39, 0.29) is 11.5 Å². The number of thiazole rings is 1. The molecule has 7 nitrogen and oxygen atoms in total. The largest absolute Gasteiger partial charge is 0.496 e. The Hall–Kier alpha value is -5.47. The van der Waals surface area contributed by atoms with Crippen molar-refractivity contribution in [1.29, 1.82) is 0 Å². The fourth-order valence-electron chi connectivity index (χ4n) is 7.19. The van der Waals surface area contributed by atoms with Gasteiger partial charge in [-0.05, 0) is 92.4 Å². The van der Waals surface area contributed by atoms with Crippen LogP contribution in [0.2, 0.25) is 0 Å². The first-order valence-corrected chi connectivity index (χ1v) is 17.8. The molecule has 0 saturated carbocycles. The molecule has 1 amide bonds. The summed E-state index contributed by atoms with van der Waals surface area (Å²) in [5.41, 5.74) is 8.11. The summed E-state index contributed by atoms with van der Waals surface area (Å²) in [6, 6.07) is 32.2. The summed E-state index contributed by atoms with van der Waals surface area (Å²) in [7, 11) is 1.63. The lowest BCUT2D eigenvalue weighted by molar-refractivity contribution is -0.127. The highest BCUT2D eigenvalue weighted by Crippen LogP contribution is 2.40. The number of carbonyl (C=O) groups excluding carboxylic acids is 1. The van der Waals surface area contributed by atoms with Gasteiger partial charge in [0.05, 0.1) is 22.9 Å². The van der Waals surface area contributed by atoms with Crippen LogP contribution in [0.5, 0.6) is 5.75 Å². The predicted octanol–water partition coefficient (Wildman–Crippen LogP) is 7.34. The number of methoxy groups -OCH3 is 1. The second-order valence-electron chi connectivity index (χ2n) is 12.5. The first-order chi connectivity index (χ1) is 24.2. The summed E-state index contributed by atoms with van der Waals surface area (Å²) >= 11 is 1.35. The Balaban J connectivity index is 1.40. The maximum atomic E-state index is 14.7. The Morgan fingerprint density at radius 3 is 2.28 bits per heavy atom. The zero-order valence-corrected chi connectivity index (χ0v) is 30.0. The molecule has 7 rings (SSSR count). The van der Waals surface area contributed by atoms with Crippen molar-refractivity contribution in [3.05, 3.63) is 151 Å². The molecule has 2 aromatic heterocycles. The van der Waals surface area contributed by atoms with Gasteiger partial charge in [0.25, 0.3) is 11.5 Å². The number of allylic oxidation sites excluding steroid dienone is 1. The summed E-state index contributed by atoms with van der Waals surface area (Å²) in [4.78, 5) is 36.2. The van der Waals surface area contributed by atoms with Gasteiger partial charge in [0, 0.05) is 35.7 Å². The number of rotatable bonds is 8. The molecule has 1 aliphatic heterocycles. The first-order valence-electron chi connectivity index (χ1n) is 17.0. The predicted molar refractivity (Wildman–Crippen MR) is 203 cm³/mol. The molecule has 4 aromatic carbocycles. The van der Waals surface area contributed by atoms with E-state index in [2.05, 4.69) is 60.9 Å². The maximum Gasteiger partial charge on any atom is 0.271 e. The highest BCUT2D eigenvalue weighted by molar-refractivity contribution is 7.07. The molecule has 0 saturated heterocycles. The molecule has 0 spiro atoms. The maximum absolute atomic E-state index is 14.7. The van der Waals surface area contributed by atoms with Gasteiger partial charge >= 0.3 is 0 Å². The van der Waals surface area contributed by atoms with Gasteiger partial charge in [-0.2, -0.15) is 0 Å². The summed E-state index contributed by atoms with van der Waals surface area (Å²) in [6.45, 7) is 11.0. The van der Waals surface area contributed by atoms with Gasteiger partial charge in [0.15, 0.2) is 4.80 Å². The smallest absolute Gasteiger partial charge is 0.271 e. The Labute approximate surface area is 295 Å². The molecule has 0 radical (unpaired) electrons. The zero-order chi connectivity index (χ0) is 35.1. The normalized spacial score (nSPS) is 14.5. The van der Waals surface area contributed by atoms with E-state index in [0.29, 0.717) is 39.4 Å². The van der Waals surface area contributed by atoms with Gasteiger partial charge in [0.2, 0.25) is 0 Å². The Kier molecular flexibility index (Phi) is 8.89. The van der Waals surface area contributed by atoms with Gasteiger partial charge in [0.1, 0.15) is 11.8 Å². The lowest BCUT2D eigenvalue weighted by Gasteiger charge is -2.30. The van der Waals surface area contributed by atoms with Crippen molar-refractivity contribution in [2.45, 2.75) is 40.7 Å². The Bertz CT molecular complexity index is 2460. The van der Waals surface area contributed by atoms with Crippen molar-refractivity contribution in [2.75, 3.05) is 20.2 Å². The van der Waals surface area contributed by atoms with Gasteiger partial charge in [-0.3, -0.25) is 14.2 Å². The third kappa shape index (κ3) is 5.59. The van der Waals surface area contributed by atoms with Gasteiger partial charge < -0.3 is 14.2 Å². The standard InChI is InChI=1S/C42H40N4O3S/c1-7-44(8-2)41(48)37-27(4)43-42-46(39(37)38-34-17-13-12-16-31(34)20-23-35(38)49-6)40(47)36(50-42)25-32-24-26(3)45(28(32)5)33-21-18-30(19-22-33)29-14-10-9-11-15-29/h9-25,39H,7-8H2,1-6H3/b36-25+/t39-/m1/s1. The third-order valence-corrected chi connectivity index (χ3v) is 10.7. The van der Waals surface area contributed by atoms with Crippen molar-refractivity contribution < 1.29 is 9.53 Å². The number of hydrogen-bond donors (Lipinski definition) is 0. The fraction of sp³-hybridized carbons (Fsp3) is 0.214. The molecule has 3 heterocycles. The van der Waals surface area contributed by atoms with E-state index in [0.717, 1.165) is 44.5 Å². The summed E-state index contributed by atoms with van der Waals surface area (Å²) < 4.78 is 10.4. The van der Waals surface area contributed by atoms with E-state index < -0.39 is 6.04 Å². The van der Waals surface area contributed by atoms with E-state index in [1.807, 2.05) is 81.4 Å². The van der Waals surface area contributed by atoms with E-state index in [4.69, 9.17) is 9.73 Å². The molecule has 0 unspecified atom stereocenters. The van der Waals surface area contributed by atoms with Crippen LogP contribution < -0.4 is 19.6 Å². The molecular weight excluding hydrogens is 641 g/mol. The van der Waals surface area contributed by atoms with Crippen molar-refractivity contribution >= 4 is 34.1 Å². The van der Waals surface area contributed by atoms with Gasteiger partial charge in [-0.25, -0.2) is 4.99 Å². The summed E-state index contributed by atoms with van der Waals surface area (Å²) in [5.74, 6) is 0.483. The SMILES string of the molecule is CCN(CC)C(=O)C1=C(C)N=c2s/c(=C/c3cc(C)n(-c4ccc(-c5ccccc5)cc4)c3C)c(=O)n2[C@H]1c1c(OC)ccc2ccccc12. The average Bonchev–Trinajstić information content (AvgIpc) is 3.60. The Morgan fingerprint density at radius 2 is 1.58 bits per heavy atom. The molecule has 252 valence electrons. The first kappa shape index (κ1) is 33.0. The van der Waals surface area contributed by atoms with Crippen LogP contribution in [0.3, 0.4) is 0 Å². The van der Waals surface area contributed by atoms with Crippen LogP contribution in [0.4, 0.5) is 0 Å². The van der Waals surface area contributed by atoms with E-state index in [9.17, 15) is 9.59 Å². The van der Waals surface area contributed by atoms with Crippen molar-refractivity contribution in [1.82, 2.24) is 14.0 Å². The molecule has 8 heteroatoms. The highest BCUT2D eigenvalue weighted by atomic mass is 32.1. The van der Waals surface area contributed by atoms with Gasteiger partial charge in [-0.15, -0.1) is 0 Å². The number of benzene rings is 4. The van der Waals surface area contributed by atoms with E-state index >= 15 is 0 Å². The molecule has 0 fully saturated rings. The van der Waals surface area contributed by atoms with Crippen LogP contribution in [-0.4, -0.2) is 40.1 Å². The summed E-state index contributed by atoms with van der Waals surface area (Å²) in [5, 5.41) is 1.92. The average molecular weight is 681 g/mol. The van der Waals surface area contributed by atoms with Crippen LogP contribution in [0, 0.1) is 13.8 Å². The molecule has 6 aromatic rings. The van der Waals surface area contributed by atoms with Crippen LogP contribution in [0.25, 0.3) is 33.7 Å². The van der Waals surface area contributed by atoms with Gasteiger partial charge in [-0.1, -0.05) is 84.1 Å². The monoisotopic (exact) mass is 680 g/mol. The Morgan fingerprint density at radius 1 is 0.900 bits per heavy atom. The van der Waals surface area contributed by atoms with E-state index in [1.54, 1.807) is 16.6 Å². The number of carbonyl (C=O) groups is 1. The van der Waals surface area contributed by atoms with Crippen molar-refractivity contribution in [3.63, 3.8) is 0 Å². The summed E-state index contributed by atoms with van der Waals surface area (Å²) in [6.07, 6.45) is 1.96. The highest BCUT2D eigenvalue weighted by Gasteiger charge is 2.36. The molecular formula is C42H40N4O3S. The lowest BCUT2D eigenvalue weighted by atomic mass is 9.90. The zero-order valence-electron chi connectivity index (χ0n) is 29.2. The van der Waals surface area contributed by atoms with E-state index in [1.165, 1.54) is 16.9 Å². The number of hydrogen-bond acceptors (Lipinski definition) is 5. The number of amides is 1. The molecule has 1 atom stereocenters. The molecule has 0 N–H and O–H groups in total.